The molecule has 0 saturated heterocycles. The van der Waals surface area contributed by atoms with Gasteiger partial charge in [-0.1, -0.05) is 12.7 Å². The summed E-state index contributed by atoms with van der Waals surface area (Å²) >= 11 is 3.20. The Balaban J connectivity index is 3.61. The molecule has 1 heterocycles. The van der Waals surface area contributed by atoms with Crippen LogP contribution in [0.3, 0.4) is 0 Å². The molecule has 1 aromatic rings. The van der Waals surface area contributed by atoms with Crippen molar-refractivity contribution in [3.8, 4) is 0 Å². The first-order chi connectivity index (χ1) is 6.61. The van der Waals surface area contributed by atoms with Gasteiger partial charge in [-0.2, -0.15) is 0 Å². The Labute approximate surface area is 90.9 Å². The molecule has 0 bridgehead atoms. The molecule has 1 aromatic heterocycles. The number of allylic oxidation sites excluding steroid dienone is 1. The number of aryl methyl sites for hydroxylation is 1. The van der Waals surface area contributed by atoms with Crippen molar-refractivity contribution in [3.63, 3.8) is 0 Å². The van der Waals surface area contributed by atoms with Crippen LogP contribution in [-0.4, -0.2) is 9.55 Å². The predicted molar refractivity (Wildman–Crippen MR) is 62.0 cm³/mol. The van der Waals surface area contributed by atoms with Crippen LogP contribution >= 0.6 is 15.9 Å². The van der Waals surface area contributed by atoms with Crippen LogP contribution in [0, 0.1) is 6.92 Å². The van der Waals surface area contributed by atoms with E-state index in [1.165, 1.54) is 4.57 Å². The summed E-state index contributed by atoms with van der Waals surface area (Å²) in [5, 5.41) is 0. The monoisotopic (exact) mass is 254 g/mol. The van der Waals surface area contributed by atoms with E-state index in [0.717, 1.165) is 0 Å². The third kappa shape index (κ3) is 1.85. The highest BCUT2D eigenvalue weighted by molar-refractivity contribution is 9.10. The SMILES string of the molecule is C=Cc1nc(C)c(Br)c(=O)n1/C=C\C. The van der Waals surface area contributed by atoms with Crippen molar-refractivity contribution in [3.05, 3.63) is 39.0 Å². The van der Waals surface area contributed by atoms with Crippen LogP contribution in [0.2, 0.25) is 0 Å². The van der Waals surface area contributed by atoms with Crippen molar-refractivity contribution >= 4 is 28.2 Å². The Morgan fingerprint density at radius 3 is 2.71 bits per heavy atom. The summed E-state index contributed by atoms with van der Waals surface area (Å²) in [6.07, 6.45) is 5.00. The van der Waals surface area contributed by atoms with Gasteiger partial charge in [-0.15, -0.1) is 0 Å². The average molecular weight is 255 g/mol. The highest BCUT2D eigenvalue weighted by atomic mass is 79.9. The molecule has 0 spiro atoms. The van der Waals surface area contributed by atoms with Gasteiger partial charge in [0.25, 0.3) is 5.56 Å². The molecule has 0 atom stereocenters. The summed E-state index contributed by atoms with van der Waals surface area (Å²) in [6, 6.07) is 0. The molecular weight excluding hydrogens is 244 g/mol. The summed E-state index contributed by atoms with van der Waals surface area (Å²) in [7, 11) is 0. The molecule has 0 aliphatic heterocycles. The van der Waals surface area contributed by atoms with Crippen LogP contribution in [0.5, 0.6) is 0 Å². The van der Waals surface area contributed by atoms with Crippen LogP contribution in [0.15, 0.2) is 21.9 Å². The maximum Gasteiger partial charge on any atom is 0.272 e. The molecule has 0 radical (unpaired) electrons. The van der Waals surface area contributed by atoms with E-state index in [1.54, 1.807) is 25.3 Å². The molecule has 1 rings (SSSR count). The van der Waals surface area contributed by atoms with E-state index < -0.39 is 0 Å². The highest BCUT2D eigenvalue weighted by Gasteiger charge is 2.07. The molecule has 0 fully saturated rings. The Morgan fingerprint density at radius 1 is 1.57 bits per heavy atom. The summed E-state index contributed by atoms with van der Waals surface area (Å²) in [5.74, 6) is 0.550. The van der Waals surface area contributed by atoms with Gasteiger partial charge >= 0.3 is 0 Å². The van der Waals surface area contributed by atoms with Gasteiger partial charge in [0, 0.05) is 6.20 Å². The first-order valence-corrected chi connectivity index (χ1v) is 4.95. The molecule has 0 aliphatic carbocycles. The van der Waals surface area contributed by atoms with Gasteiger partial charge < -0.3 is 0 Å². The molecule has 0 saturated carbocycles. The van der Waals surface area contributed by atoms with Gasteiger partial charge in [-0.3, -0.25) is 9.36 Å². The maximum absolute atomic E-state index is 11.7. The summed E-state index contributed by atoms with van der Waals surface area (Å²) < 4.78 is 1.94. The minimum atomic E-state index is -0.120. The zero-order valence-corrected chi connectivity index (χ0v) is 9.71. The summed E-state index contributed by atoms with van der Waals surface area (Å²) in [5.41, 5.74) is 0.552. The molecule has 0 amide bonds. The number of hydrogen-bond donors (Lipinski definition) is 0. The van der Waals surface area contributed by atoms with Crippen LogP contribution in [0.25, 0.3) is 12.3 Å². The van der Waals surface area contributed by atoms with Crippen LogP contribution < -0.4 is 5.56 Å². The van der Waals surface area contributed by atoms with Gasteiger partial charge in [0.1, 0.15) is 10.3 Å². The first kappa shape index (κ1) is 10.9. The Morgan fingerprint density at radius 2 is 2.21 bits per heavy atom. The fourth-order valence-electron chi connectivity index (χ4n) is 1.08. The minimum Gasteiger partial charge on any atom is -0.268 e. The normalized spacial score (nSPS) is 10.8. The zero-order valence-electron chi connectivity index (χ0n) is 8.12. The fraction of sp³-hybridized carbons (Fsp3) is 0.200. The lowest BCUT2D eigenvalue weighted by molar-refractivity contribution is 0.926. The molecule has 4 heteroatoms. The van der Waals surface area contributed by atoms with Crippen LogP contribution in [0.4, 0.5) is 0 Å². The molecular formula is C10H11BrN2O. The molecule has 74 valence electrons. The number of aromatic nitrogens is 2. The highest BCUT2D eigenvalue weighted by Crippen LogP contribution is 2.09. The van der Waals surface area contributed by atoms with Gasteiger partial charge in [0.05, 0.1) is 5.69 Å². The summed E-state index contributed by atoms with van der Waals surface area (Å²) in [4.78, 5) is 16.0. The molecule has 14 heavy (non-hydrogen) atoms. The quantitative estimate of drug-likeness (QED) is 0.813. The average Bonchev–Trinajstić information content (AvgIpc) is 2.19. The molecule has 0 unspecified atom stereocenters. The fourth-order valence-corrected chi connectivity index (χ4v) is 1.36. The molecule has 0 aromatic carbocycles. The zero-order chi connectivity index (χ0) is 10.7. The lowest BCUT2D eigenvalue weighted by atomic mass is 10.4. The van der Waals surface area contributed by atoms with Gasteiger partial charge in [-0.25, -0.2) is 4.98 Å². The molecule has 3 nitrogen and oxygen atoms in total. The molecule has 0 aliphatic rings. The van der Waals surface area contributed by atoms with E-state index in [2.05, 4.69) is 27.5 Å². The smallest absolute Gasteiger partial charge is 0.268 e. The number of halogens is 1. The van der Waals surface area contributed by atoms with Crippen molar-refractivity contribution in [2.24, 2.45) is 0 Å². The van der Waals surface area contributed by atoms with Crippen molar-refractivity contribution < 1.29 is 0 Å². The van der Waals surface area contributed by atoms with Crippen LogP contribution in [-0.2, 0) is 0 Å². The van der Waals surface area contributed by atoms with Crippen molar-refractivity contribution in [2.75, 3.05) is 0 Å². The van der Waals surface area contributed by atoms with Gasteiger partial charge in [0.15, 0.2) is 0 Å². The standard InChI is InChI=1S/C10H11BrN2O/c1-4-6-13-8(5-2)12-7(3)9(11)10(13)14/h4-6H,2H2,1,3H3/b6-4-. The third-order valence-electron chi connectivity index (χ3n) is 1.73. The summed E-state index contributed by atoms with van der Waals surface area (Å²) in [6.45, 7) is 7.23. The van der Waals surface area contributed by atoms with E-state index in [4.69, 9.17) is 0 Å². The van der Waals surface area contributed by atoms with Crippen LogP contribution in [0.1, 0.15) is 18.4 Å². The molecule has 0 N–H and O–H groups in total. The Hall–Kier alpha value is -1.16. The topological polar surface area (TPSA) is 34.9 Å². The third-order valence-corrected chi connectivity index (χ3v) is 2.65. The second-order valence-electron chi connectivity index (χ2n) is 2.73. The number of hydrogen-bond acceptors (Lipinski definition) is 2. The number of nitrogens with zero attached hydrogens (tertiary/aromatic N) is 2. The second-order valence-corrected chi connectivity index (χ2v) is 3.52. The maximum atomic E-state index is 11.7. The lowest BCUT2D eigenvalue weighted by Crippen LogP contribution is -2.21. The van der Waals surface area contributed by atoms with Crippen molar-refractivity contribution in [2.45, 2.75) is 13.8 Å². The van der Waals surface area contributed by atoms with Crippen molar-refractivity contribution in [1.29, 1.82) is 0 Å². The van der Waals surface area contributed by atoms with E-state index >= 15 is 0 Å². The lowest BCUT2D eigenvalue weighted by Gasteiger charge is -2.06. The van der Waals surface area contributed by atoms with Crippen molar-refractivity contribution in [1.82, 2.24) is 9.55 Å². The van der Waals surface area contributed by atoms with E-state index in [-0.39, 0.29) is 5.56 Å². The second kappa shape index (κ2) is 4.37. The van der Waals surface area contributed by atoms with E-state index in [0.29, 0.717) is 16.0 Å². The first-order valence-electron chi connectivity index (χ1n) is 4.15. The van der Waals surface area contributed by atoms with Gasteiger partial charge in [0.2, 0.25) is 0 Å². The van der Waals surface area contributed by atoms with Gasteiger partial charge in [-0.05, 0) is 35.9 Å². The Bertz CT molecular complexity index is 446. The minimum absolute atomic E-state index is 0.120. The predicted octanol–water partition coefficient (Wildman–Crippen LogP) is 2.45. The van der Waals surface area contributed by atoms with E-state index in [1.807, 2.05) is 6.92 Å². The Kier molecular flexibility index (Phi) is 3.41. The van der Waals surface area contributed by atoms with E-state index in [9.17, 15) is 4.79 Å². The largest absolute Gasteiger partial charge is 0.272 e. The number of rotatable bonds is 2.